The van der Waals surface area contributed by atoms with Crippen molar-refractivity contribution in [2.24, 2.45) is 17.2 Å². The molecule has 16 nitrogen and oxygen atoms in total. The summed E-state index contributed by atoms with van der Waals surface area (Å²) in [4.78, 5) is 72.0. The number of aliphatic carboxylic acids is 1. The van der Waals surface area contributed by atoms with E-state index < -0.39 is 78.4 Å². The Morgan fingerprint density at radius 2 is 1.38 bits per heavy atom. The highest BCUT2D eigenvalue weighted by Gasteiger charge is 2.31. The molecule has 0 aromatic heterocycles. The fourth-order valence-corrected chi connectivity index (χ4v) is 2.98. The van der Waals surface area contributed by atoms with Crippen molar-refractivity contribution in [3.8, 4) is 0 Å². The largest absolute Gasteiger partial charge is 0.480 e. The van der Waals surface area contributed by atoms with E-state index in [0.29, 0.717) is 19.4 Å². The van der Waals surface area contributed by atoms with Crippen LogP contribution < -0.4 is 38.5 Å². The SMILES string of the molecule is C[C@H](NC(=O)[C@@H](N)CCC(N)=O)C(=O)N[C@@H](CO)C(=O)N[C@@H](CCCCN)C(=O)N[C@H](C(=O)O)[C@@H](C)O. The zero-order valence-corrected chi connectivity index (χ0v) is 20.9. The van der Waals surface area contributed by atoms with Gasteiger partial charge in [-0.2, -0.15) is 0 Å². The lowest BCUT2D eigenvalue weighted by Crippen LogP contribution is -2.59. The Morgan fingerprint density at radius 3 is 1.86 bits per heavy atom. The van der Waals surface area contributed by atoms with Gasteiger partial charge in [-0.15, -0.1) is 0 Å². The van der Waals surface area contributed by atoms with Crippen molar-refractivity contribution in [2.45, 2.75) is 82.3 Å². The molecular formula is C21H39N7O9. The van der Waals surface area contributed by atoms with Gasteiger partial charge >= 0.3 is 5.97 Å². The van der Waals surface area contributed by atoms with E-state index in [9.17, 15) is 44.1 Å². The second-order valence-corrected chi connectivity index (χ2v) is 8.50. The number of carbonyl (C=O) groups is 6. The number of rotatable bonds is 18. The van der Waals surface area contributed by atoms with Crippen LogP contribution in [-0.2, 0) is 28.8 Å². The third-order valence-corrected chi connectivity index (χ3v) is 5.23. The Labute approximate surface area is 214 Å². The Hall–Kier alpha value is -3.34. The van der Waals surface area contributed by atoms with E-state index in [4.69, 9.17) is 17.2 Å². The second-order valence-electron chi connectivity index (χ2n) is 8.50. The van der Waals surface area contributed by atoms with Gasteiger partial charge in [0.25, 0.3) is 0 Å². The number of primary amides is 1. The van der Waals surface area contributed by atoms with E-state index >= 15 is 0 Å². The number of aliphatic hydroxyl groups is 2. The standard InChI is InChI=1S/C21H39N7O9/c1-10(25-18(33)12(23)6-7-15(24)31)17(32)27-14(9-29)20(35)26-13(5-3-4-8-22)19(34)28-16(11(2)30)21(36)37/h10-14,16,29-30H,3-9,22-23H2,1-2H3,(H2,24,31)(H,25,33)(H,26,35)(H,27,32)(H,28,34)(H,36,37)/t10-,11+,12-,13-,14-,16-/m0/s1. The predicted octanol–water partition coefficient (Wildman–Crippen LogP) is -4.88. The highest BCUT2D eigenvalue weighted by molar-refractivity contribution is 5.95. The number of nitrogens with one attached hydrogen (secondary N) is 4. The van der Waals surface area contributed by atoms with Crippen LogP contribution in [0, 0.1) is 0 Å². The molecule has 0 spiro atoms. The Bertz CT molecular complexity index is 809. The van der Waals surface area contributed by atoms with Gasteiger partial charge in [0.15, 0.2) is 6.04 Å². The van der Waals surface area contributed by atoms with Crippen molar-refractivity contribution in [3.63, 3.8) is 0 Å². The molecule has 0 fully saturated rings. The Morgan fingerprint density at radius 1 is 0.811 bits per heavy atom. The van der Waals surface area contributed by atoms with Gasteiger partial charge < -0.3 is 53.8 Å². The molecule has 0 saturated heterocycles. The number of hydrogen-bond donors (Lipinski definition) is 10. The molecule has 0 heterocycles. The average molecular weight is 534 g/mol. The van der Waals surface area contributed by atoms with Gasteiger partial charge in [-0.3, -0.25) is 24.0 Å². The third kappa shape index (κ3) is 13.0. The van der Waals surface area contributed by atoms with E-state index in [0.717, 1.165) is 0 Å². The van der Waals surface area contributed by atoms with Gasteiger partial charge in [-0.1, -0.05) is 0 Å². The molecule has 13 N–H and O–H groups in total. The molecule has 0 aliphatic heterocycles. The molecule has 0 radical (unpaired) electrons. The maximum atomic E-state index is 12.7. The number of aliphatic hydroxyl groups excluding tert-OH is 2. The van der Waals surface area contributed by atoms with Crippen molar-refractivity contribution in [1.82, 2.24) is 21.3 Å². The van der Waals surface area contributed by atoms with Crippen LogP contribution in [0.15, 0.2) is 0 Å². The number of amides is 5. The lowest BCUT2D eigenvalue weighted by Gasteiger charge is -2.25. The maximum absolute atomic E-state index is 12.7. The summed E-state index contributed by atoms with van der Waals surface area (Å²) in [5.41, 5.74) is 16.1. The van der Waals surface area contributed by atoms with E-state index in [1.807, 2.05) is 0 Å². The maximum Gasteiger partial charge on any atom is 0.328 e. The van der Waals surface area contributed by atoms with Crippen LogP contribution in [0.25, 0.3) is 0 Å². The Kier molecular flexibility index (Phi) is 15.6. The monoisotopic (exact) mass is 533 g/mol. The molecule has 0 bridgehead atoms. The molecule has 6 atom stereocenters. The molecule has 0 rings (SSSR count). The van der Waals surface area contributed by atoms with Crippen LogP contribution in [0.2, 0.25) is 0 Å². The van der Waals surface area contributed by atoms with Crippen LogP contribution in [0.1, 0.15) is 46.0 Å². The highest BCUT2D eigenvalue weighted by Crippen LogP contribution is 2.04. The summed E-state index contributed by atoms with van der Waals surface area (Å²) >= 11 is 0. The lowest BCUT2D eigenvalue weighted by atomic mass is 10.1. The number of carbonyl (C=O) groups excluding carboxylic acids is 5. The summed E-state index contributed by atoms with van der Waals surface area (Å²) in [5.74, 6) is -5.58. The number of nitrogens with two attached hydrogens (primary N) is 3. The summed E-state index contributed by atoms with van der Waals surface area (Å²) in [7, 11) is 0. The first-order valence-electron chi connectivity index (χ1n) is 11.7. The predicted molar refractivity (Wildman–Crippen MR) is 129 cm³/mol. The molecule has 0 aromatic rings. The minimum atomic E-state index is -1.63. The van der Waals surface area contributed by atoms with Gasteiger partial charge in [0.05, 0.1) is 18.8 Å². The van der Waals surface area contributed by atoms with E-state index in [1.165, 1.54) is 13.8 Å². The molecule has 0 aromatic carbocycles. The normalized spacial score (nSPS) is 15.7. The minimum Gasteiger partial charge on any atom is -0.480 e. The topological polar surface area (TPSA) is 289 Å². The van der Waals surface area contributed by atoms with E-state index in [1.54, 1.807) is 0 Å². The third-order valence-electron chi connectivity index (χ3n) is 5.23. The lowest BCUT2D eigenvalue weighted by molar-refractivity contribution is -0.145. The zero-order chi connectivity index (χ0) is 28.7. The molecule has 5 amide bonds. The average Bonchev–Trinajstić information content (AvgIpc) is 2.82. The molecule has 16 heteroatoms. The van der Waals surface area contributed by atoms with Crippen LogP contribution in [-0.4, -0.2) is 100 Å². The van der Waals surface area contributed by atoms with E-state index in [2.05, 4.69) is 21.3 Å². The van der Waals surface area contributed by atoms with Gasteiger partial charge in [0.2, 0.25) is 29.5 Å². The molecule has 212 valence electrons. The number of carboxylic acid groups (broad SMARTS) is 1. The zero-order valence-electron chi connectivity index (χ0n) is 20.9. The number of hydrogen-bond acceptors (Lipinski definition) is 10. The number of carboxylic acids is 1. The van der Waals surface area contributed by atoms with Crippen molar-refractivity contribution in [3.05, 3.63) is 0 Å². The molecule has 0 aliphatic rings. The van der Waals surface area contributed by atoms with Gasteiger partial charge in [-0.25, -0.2) is 4.79 Å². The van der Waals surface area contributed by atoms with Gasteiger partial charge in [-0.05, 0) is 46.1 Å². The quantitative estimate of drug-likeness (QED) is 0.0745. The smallest absolute Gasteiger partial charge is 0.328 e. The first kappa shape index (κ1) is 33.7. The summed E-state index contributed by atoms with van der Waals surface area (Å²) in [6.07, 6.45) is -0.655. The van der Waals surface area contributed by atoms with Crippen LogP contribution in [0.4, 0.5) is 0 Å². The fraction of sp³-hybridized carbons (Fsp3) is 0.714. The molecule has 37 heavy (non-hydrogen) atoms. The van der Waals surface area contributed by atoms with Crippen molar-refractivity contribution >= 4 is 35.5 Å². The first-order chi connectivity index (χ1) is 17.2. The summed E-state index contributed by atoms with van der Waals surface area (Å²) in [5, 5.41) is 37.4. The highest BCUT2D eigenvalue weighted by atomic mass is 16.4. The van der Waals surface area contributed by atoms with Crippen molar-refractivity contribution < 1.29 is 44.1 Å². The van der Waals surface area contributed by atoms with Crippen molar-refractivity contribution in [1.29, 1.82) is 0 Å². The van der Waals surface area contributed by atoms with Crippen molar-refractivity contribution in [2.75, 3.05) is 13.2 Å². The summed E-state index contributed by atoms with van der Waals surface area (Å²) < 4.78 is 0. The minimum absolute atomic E-state index is 0.0391. The van der Waals surface area contributed by atoms with Gasteiger partial charge in [0.1, 0.15) is 18.1 Å². The van der Waals surface area contributed by atoms with Crippen LogP contribution in [0.3, 0.4) is 0 Å². The second kappa shape index (κ2) is 17.2. The number of unbranched alkanes of at least 4 members (excludes halogenated alkanes) is 1. The van der Waals surface area contributed by atoms with Gasteiger partial charge in [0, 0.05) is 6.42 Å². The van der Waals surface area contributed by atoms with Crippen LogP contribution in [0.5, 0.6) is 0 Å². The molecule has 0 saturated carbocycles. The summed E-state index contributed by atoms with van der Waals surface area (Å²) in [6, 6.07) is -6.70. The summed E-state index contributed by atoms with van der Waals surface area (Å²) in [6.45, 7) is 1.91. The Balaban J connectivity index is 5.24. The first-order valence-corrected chi connectivity index (χ1v) is 11.7. The van der Waals surface area contributed by atoms with E-state index in [-0.39, 0.29) is 19.3 Å². The molecule has 0 aliphatic carbocycles. The fourth-order valence-electron chi connectivity index (χ4n) is 2.98. The molecular weight excluding hydrogens is 494 g/mol. The van der Waals surface area contributed by atoms with Crippen LogP contribution >= 0.6 is 0 Å². The molecule has 0 unspecified atom stereocenters.